The normalized spacial score (nSPS) is 13.0. The monoisotopic (exact) mass is 1010 g/mol. The van der Waals surface area contributed by atoms with E-state index in [1.807, 2.05) is 0 Å². The number of carbonyl (C=O) groups excluding carboxylic acids is 3. The largest absolute Gasteiger partial charge is 0.462 e. The van der Waals surface area contributed by atoms with E-state index in [1.54, 1.807) is 0 Å². The predicted octanol–water partition coefficient (Wildman–Crippen LogP) is 20.4. The van der Waals surface area contributed by atoms with Gasteiger partial charge in [-0.2, -0.15) is 0 Å². The first-order chi connectivity index (χ1) is 36.0. The summed E-state index contributed by atoms with van der Waals surface area (Å²) in [6, 6.07) is 0. The van der Waals surface area contributed by atoms with E-state index in [9.17, 15) is 14.4 Å². The van der Waals surface area contributed by atoms with Crippen LogP contribution in [0.1, 0.15) is 265 Å². The van der Waals surface area contributed by atoms with Gasteiger partial charge in [0.25, 0.3) is 0 Å². The van der Waals surface area contributed by atoms with Crippen LogP contribution in [0.15, 0.2) is 122 Å². The van der Waals surface area contributed by atoms with Crippen LogP contribution in [-0.4, -0.2) is 37.2 Å². The van der Waals surface area contributed by atoms with Crippen LogP contribution in [0.3, 0.4) is 0 Å². The Kier molecular flexibility index (Phi) is 56.9. The molecule has 0 rings (SSSR count). The number of hydrogen-bond donors (Lipinski definition) is 0. The molecule has 6 nitrogen and oxygen atoms in total. The second kappa shape index (κ2) is 60.4. The summed E-state index contributed by atoms with van der Waals surface area (Å²) in [5.41, 5.74) is 0. The summed E-state index contributed by atoms with van der Waals surface area (Å²) in [5.74, 6) is -0.945. The number of hydrogen-bond acceptors (Lipinski definition) is 6. The Balaban J connectivity index is 4.46. The van der Waals surface area contributed by atoms with Gasteiger partial charge in [-0.1, -0.05) is 239 Å². The summed E-state index contributed by atoms with van der Waals surface area (Å²) in [6.45, 7) is 6.41. The van der Waals surface area contributed by atoms with Gasteiger partial charge in [-0.25, -0.2) is 0 Å². The van der Waals surface area contributed by atoms with Crippen LogP contribution in [0.2, 0.25) is 0 Å². The van der Waals surface area contributed by atoms with Gasteiger partial charge in [0.05, 0.1) is 0 Å². The molecule has 414 valence electrons. The summed E-state index contributed by atoms with van der Waals surface area (Å²) < 4.78 is 16.9. The van der Waals surface area contributed by atoms with E-state index in [0.29, 0.717) is 19.3 Å². The van der Waals surface area contributed by atoms with Crippen molar-refractivity contribution in [2.24, 2.45) is 0 Å². The molecular formula is C67H110O6. The molecule has 1 atom stereocenters. The zero-order chi connectivity index (χ0) is 52.9. The van der Waals surface area contributed by atoms with Crippen LogP contribution in [0.25, 0.3) is 0 Å². The fourth-order valence-electron chi connectivity index (χ4n) is 7.92. The van der Waals surface area contributed by atoms with Crippen molar-refractivity contribution in [3.63, 3.8) is 0 Å². The first kappa shape index (κ1) is 68.8. The maximum atomic E-state index is 12.9. The lowest BCUT2D eigenvalue weighted by atomic mass is 10.1. The molecule has 0 aliphatic rings. The molecule has 0 bridgehead atoms. The molecule has 0 fully saturated rings. The zero-order valence-electron chi connectivity index (χ0n) is 47.4. The maximum Gasteiger partial charge on any atom is 0.306 e. The fraction of sp³-hybridized carbons (Fsp3) is 0.657. The van der Waals surface area contributed by atoms with E-state index in [1.165, 1.54) is 57.8 Å². The number of allylic oxidation sites excluding steroid dienone is 20. The van der Waals surface area contributed by atoms with Crippen molar-refractivity contribution in [3.05, 3.63) is 122 Å². The Bertz CT molecular complexity index is 1540. The van der Waals surface area contributed by atoms with E-state index >= 15 is 0 Å². The van der Waals surface area contributed by atoms with Gasteiger partial charge in [0, 0.05) is 19.3 Å². The molecule has 0 aromatic carbocycles. The second-order valence-electron chi connectivity index (χ2n) is 19.5. The number of rotatable bonds is 53. The first-order valence-electron chi connectivity index (χ1n) is 30.0. The van der Waals surface area contributed by atoms with Crippen molar-refractivity contribution in [3.8, 4) is 0 Å². The van der Waals surface area contributed by atoms with Crippen molar-refractivity contribution in [2.45, 2.75) is 271 Å². The van der Waals surface area contributed by atoms with Crippen LogP contribution in [0, 0.1) is 0 Å². The van der Waals surface area contributed by atoms with Gasteiger partial charge < -0.3 is 14.2 Å². The minimum absolute atomic E-state index is 0.100. The SMILES string of the molecule is CC/C=C\C/C=C\C/C=C\C/C=C\C/C=C\CCCCCCCC(=O)OCC(COC(=O)CCCCCCC/C=C\C/C=C\CCC)OC(=O)CCCCCCCC/C=C\C/C=C\C/C=C\CCCCCCC. The van der Waals surface area contributed by atoms with Gasteiger partial charge in [0.1, 0.15) is 13.2 Å². The van der Waals surface area contributed by atoms with Crippen LogP contribution in [0.4, 0.5) is 0 Å². The molecule has 0 aliphatic heterocycles. The van der Waals surface area contributed by atoms with E-state index in [2.05, 4.69) is 142 Å². The standard InChI is InChI=1S/C67H110O6/c1-4-7-10-13-16-19-22-25-27-29-31-33-35-37-39-42-45-48-51-54-57-60-66(69)72-63-64(62-71-65(68)59-56-53-50-47-44-41-24-21-18-15-12-9-6-3)73-67(70)61-58-55-52-49-46-43-40-38-36-34-32-30-28-26-23-20-17-14-11-8-5-2/h7,10,12,15-16,19,21,23-27,30-33,36-39,64H,4-6,8-9,11,13-14,17-18,20,22,28-29,34-35,40-63H2,1-3H3/b10-7-,15-12-,19-16-,24-21-,26-23-,27-25-,32-30-,33-31-,38-36-,39-37-. The molecule has 0 N–H and O–H groups in total. The molecule has 0 saturated carbocycles. The third kappa shape index (κ3) is 58.6. The van der Waals surface area contributed by atoms with Crippen molar-refractivity contribution in [1.82, 2.24) is 0 Å². The molecule has 0 spiro atoms. The van der Waals surface area contributed by atoms with Crippen LogP contribution in [-0.2, 0) is 28.6 Å². The Morgan fingerprint density at radius 1 is 0.288 bits per heavy atom. The molecule has 0 aliphatic carbocycles. The molecule has 0 radical (unpaired) electrons. The first-order valence-corrected chi connectivity index (χ1v) is 30.0. The summed E-state index contributed by atoms with van der Waals surface area (Å²) in [5, 5.41) is 0. The molecule has 73 heavy (non-hydrogen) atoms. The van der Waals surface area contributed by atoms with Crippen LogP contribution < -0.4 is 0 Å². The van der Waals surface area contributed by atoms with Gasteiger partial charge in [-0.15, -0.1) is 0 Å². The van der Waals surface area contributed by atoms with E-state index in [4.69, 9.17) is 14.2 Å². The molecule has 1 unspecified atom stereocenters. The Morgan fingerprint density at radius 3 is 0.890 bits per heavy atom. The average molecular weight is 1010 g/mol. The van der Waals surface area contributed by atoms with Crippen LogP contribution in [0.5, 0.6) is 0 Å². The summed E-state index contributed by atoms with van der Waals surface area (Å²) in [7, 11) is 0. The Morgan fingerprint density at radius 2 is 0.562 bits per heavy atom. The van der Waals surface area contributed by atoms with Gasteiger partial charge >= 0.3 is 17.9 Å². The Labute approximate surface area is 450 Å². The minimum atomic E-state index is -0.804. The number of unbranched alkanes of at least 4 members (excludes halogenated alkanes) is 22. The predicted molar refractivity (Wildman–Crippen MR) is 316 cm³/mol. The molecular weight excluding hydrogens is 901 g/mol. The maximum absolute atomic E-state index is 12.9. The lowest BCUT2D eigenvalue weighted by Gasteiger charge is -2.18. The second-order valence-corrected chi connectivity index (χ2v) is 19.5. The van der Waals surface area contributed by atoms with Crippen molar-refractivity contribution in [2.75, 3.05) is 13.2 Å². The summed E-state index contributed by atoms with van der Waals surface area (Å²) in [4.78, 5) is 38.2. The molecule has 0 heterocycles. The third-order valence-electron chi connectivity index (χ3n) is 12.4. The molecule has 0 aromatic rings. The van der Waals surface area contributed by atoms with E-state index in [0.717, 1.165) is 167 Å². The zero-order valence-corrected chi connectivity index (χ0v) is 47.4. The van der Waals surface area contributed by atoms with Gasteiger partial charge in [0.2, 0.25) is 0 Å². The average Bonchev–Trinajstić information content (AvgIpc) is 3.39. The Hall–Kier alpha value is -4.19. The minimum Gasteiger partial charge on any atom is -0.462 e. The number of esters is 3. The smallest absolute Gasteiger partial charge is 0.306 e. The molecule has 0 aromatic heterocycles. The summed E-state index contributed by atoms with van der Waals surface area (Å²) in [6.07, 6.45) is 83.3. The van der Waals surface area contributed by atoms with Crippen LogP contribution >= 0.6 is 0 Å². The van der Waals surface area contributed by atoms with Crippen molar-refractivity contribution < 1.29 is 28.6 Å². The molecule has 6 heteroatoms. The van der Waals surface area contributed by atoms with E-state index < -0.39 is 6.10 Å². The highest BCUT2D eigenvalue weighted by atomic mass is 16.6. The van der Waals surface area contributed by atoms with Gasteiger partial charge in [-0.3, -0.25) is 14.4 Å². The van der Waals surface area contributed by atoms with Crippen molar-refractivity contribution >= 4 is 17.9 Å². The molecule has 0 amide bonds. The molecule has 0 saturated heterocycles. The topological polar surface area (TPSA) is 78.9 Å². The highest BCUT2D eigenvalue weighted by Crippen LogP contribution is 2.14. The lowest BCUT2D eigenvalue weighted by molar-refractivity contribution is -0.167. The lowest BCUT2D eigenvalue weighted by Crippen LogP contribution is -2.30. The quantitative estimate of drug-likeness (QED) is 0.0261. The third-order valence-corrected chi connectivity index (χ3v) is 12.4. The van der Waals surface area contributed by atoms with E-state index in [-0.39, 0.29) is 31.1 Å². The number of ether oxygens (including phenoxy) is 3. The summed E-state index contributed by atoms with van der Waals surface area (Å²) >= 11 is 0. The van der Waals surface area contributed by atoms with Gasteiger partial charge in [-0.05, 0) is 128 Å². The van der Waals surface area contributed by atoms with Crippen molar-refractivity contribution in [1.29, 1.82) is 0 Å². The highest BCUT2D eigenvalue weighted by Gasteiger charge is 2.19. The fourth-order valence-corrected chi connectivity index (χ4v) is 7.92. The highest BCUT2D eigenvalue weighted by molar-refractivity contribution is 5.71. The van der Waals surface area contributed by atoms with Gasteiger partial charge in [0.15, 0.2) is 6.10 Å². The number of carbonyl (C=O) groups is 3.